The van der Waals surface area contributed by atoms with E-state index in [2.05, 4.69) is 4.98 Å². The van der Waals surface area contributed by atoms with Gasteiger partial charge in [-0.2, -0.15) is 0 Å². The van der Waals surface area contributed by atoms with Crippen LogP contribution in [-0.2, 0) is 9.53 Å². The van der Waals surface area contributed by atoms with Gasteiger partial charge < -0.3 is 14.4 Å². The molecular formula is C21H19N3O5. The van der Waals surface area contributed by atoms with Crippen molar-refractivity contribution in [2.75, 3.05) is 32.9 Å². The molecule has 3 aromatic rings. The zero-order valence-electron chi connectivity index (χ0n) is 15.6. The van der Waals surface area contributed by atoms with E-state index in [1.54, 1.807) is 23.1 Å². The van der Waals surface area contributed by atoms with Crippen LogP contribution in [0.1, 0.15) is 0 Å². The first-order valence-corrected chi connectivity index (χ1v) is 9.25. The highest BCUT2D eigenvalue weighted by molar-refractivity contribution is 5.88. The number of benzene rings is 2. The minimum Gasteiger partial charge on any atom is -0.483 e. The zero-order valence-corrected chi connectivity index (χ0v) is 15.6. The fourth-order valence-electron chi connectivity index (χ4n) is 3.21. The van der Waals surface area contributed by atoms with Gasteiger partial charge in [-0.05, 0) is 24.3 Å². The normalized spacial score (nSPS) is 14.0. The van der Waals surface area contributed by atoms with E-state index in [1.165, 1.54) is 12.1 Å². The van der Waals surface area contributed by atoms with Crippen molar-refractivity contribution >= 4 is 22.5 Å². The Balaban J connectivity index is 1.62. The van der Waals surface area contributed by atoms with Gasteiger partial charge in [-0.1, -0.05) is 12.1 Å². The predicted octanol–water partition coefficient (Wildman–Crippen LogP) is 3.05. The van der Waals surface area contributed by atoms with Crippen LogP contribution in [0.5, 0.6) is 5.75 Å². The average molecular weight is 393 g/mol. The Morgan fingerprint density at radius 2 is 1.86 bits per heavy atom. The second-order valence-corrected chi connectivity index (χ2v) is 6.61. The summed E-state index contributed by atoms with van der Waals surface area (Å²) in [6.07, 6.45) is 0. The van der Waals surface area contributed by atoms with Gasteiger partial charge in [0, 0.05) is 42.2 Å². The fraction of sp³-hybridized carbons (Fsp3) is 0.238. The maximum Gasteiger partial charge on any atom is 0.269 e. The highest BCUT2D eigenvalue weighted by Crippen LogP contribution is 2.30. The molecule has 0 bridgehead atoms. The van der Waals surface area contributed by atoms with Crippen LogP contribution in [-0.4, -0.2) is 53.6 Å². The minimum atomic E-state index is -0.441. The number of hydrogen-bond acceptors (Lipinski definition) is 6. The molecule has 0 atom stereocenters. The zero-order chi connectivity index (χ0) is 20.2. The van der Waals surface area contributed by atoms with Gasteiger partial charge in [0.2, 0.25) is 0 Å². The van der Waals surface area contributed by atoms with E-state index in [4.69, 9.17) is 9.47 Å². The first-order valence-electron chi connectivity index (χ1n) is 9.25. The highest BCUT2D eigenvalue weighted by atomic mass is 16.6. The van der Waals surface area contributed by atoms with Gasteiger partial charge in [0.05, 0.1) is 29.3 Å². The Bertz CT molecular complexity index is 1050. The van der Waals surface area contributed by atoms with Crippen molar-refractivity contribution in [2.24, 2.45) is 0 Å². The summed E-state index contributed by atoms with van der Waals surface area (Å²) in [4.78, 5) is 29.2. The second-order valence-electron chi connectivity index (χ2n) is 6.61. The molecule has 2 aromatic carbocycles. The maximum absolute atomic E-state index is 12.4. The van der Waals surface area contributed by atoms with Crippen molar-refractivity contribution < 1.29 is 19.2 Å². The molecule has 148 valence electrons. The van der Waals surface area contributed by atoms with E-state index < -0.39 is 4.92 Å². The molecule has 0 saturated carbocycles. The largest absolute Gasteiger partial charge is 0.483 e. The number of nitrogens with zero attached hydrogens (tertiary/aromatic N) is 3. The Morgan fingerprint density at radius 3 is 2.59 bits per heavy atom. The van der Waals surface area contributed by atoms with E-state index in [0.29, 0.717) is 37.7 Å². The summed E-state index contributed by atoms with van der Waals surface area (Å²) in [6, 6.07) is 15.4. The van der Waals surface area contributed by atoms with E-state index in [1.807, 2.05) is 24.3 Å². The van der Waals surface area contributed by atoms with Gasteiger partial charge in [-0.3, -0.25) is 14.9 Å². The summed E-state index contributed by atoms with van der Waals surface area (Å²) in [7, 11) is 0. The molecule has 1 aromatic heterocycles. The van der Waals surface area contributed by atoms with Gasteiger partial charge in [0.1, 0.15) is 5.75 Å². The molecule has 0 aliphatic carbocycles. The number of para-hydroxylation sites is 1. The van der Waals surface area contributed by atoms with Crippen molar-refractivity contribution in [3.05, 3.63) is 64.7 Å². The number of ether oxygens (including phenoxy) is 2. The predicted molar refractivity (Wildman–Crippen MR) is 107 cm³/mol. The molecule has 29 heavy (non-hydrogen) atoms. The standard InChI is InChI=1S/C21H19N3O5/c25-21(23-9-11-28-12-10-23)14-29-20-13-19(22-18-4-2-1-3-17(18)20)15-5-7-16(8-6-15)24(26)27/h1-8,13H,9-12,14H2. The minimum absolute atomic E-state index is 0.0159. The molecule has 4 rings (SSSR count). The summed E-state index contributed by atoms with van der Waals surface area (Å²) >= 11 is 0. The van der Waals surface area contributed by atoms with Crippen LogP contribution in [0.3, 0.4) is 0 Å². The van der Waals surface area contributed by atoms with Gasteiger partial charge in [0.15, 0.2) is 6.61 Å². The molecule has 8 nitrogen and oxygen atoms in total. The molecular weight excluding hydrogens is 374 g/mol. The van der Waals surface area contributed by atoms with E-state index in [0.717, 1.165) is 16.5 Å². The van der Waals surface area contributed by atoms with Crippen LogP contribution in [0.15, 0.2) is 54.6 Å². The molecule has 2 heterocycles. The maximum atomic E-state index is 12.4. The monoisotopic (exact) mass is 393 g/mol. The Labute approximate surface area is 166 Å². The third-order valence-corrected chi connectivity index (χ3v) is 4.77. The number of nitro benzene ring substituents is 1. The Hall–Kier alpha value is -3.52. The molecule has 0 radical (unpaired) electrons. The summed E-state index contributed by atoms with van der Waals surface area (Å²) in [5.41, 5.74) is 2.08. The number of fused-ring (bicyclic) bond motifs is 1. The van der Waals surface area contributed by atoms with Crippen molar-refractivity contribution in [1.29, 1.82) is 0 Å². The summed E-state index contributed by atoms with van der Waals surface area (Å²) < 4.78 is 11.2. The van der Waals surface area contributed by atoms with Crippen LogP contribution >= 0.6 is 0 Å². The number of carbonyl (C=O) groups excluding carboxylic acids is 1. The van der Waals surface area contributed by atoms with Gasteiger partial charge in [-0.15, -0.1) is 0 Å². The number of aromatic nitrogens is 1. The van der Waals surface area contributed by atoms with Crippen LogP contribution in [0.25, 0.3) is 22.2 Å². The van der Waals surface area contributed by atoms with Crippen molar-refractivity contribution in [3.8, 4) is 17.0 Å². The summed E-state index contributed by atoms with van der Waals surface area (Å²) in [6.45, 7) is 2.12. The molecule has 8 heteroatoms. The molecule has 1 amide bonds. The second kappa shape index (κ2) is 8.24. The van der Waals surface area contributed by atoms with Gasteiger partial charge in [-0.25, -0.2) is 4.98 Å². The van der Waals surface area contributed by atoms with Gasteiger partial charge in [0.25, 0.3) is 11.6 Å². The topological polar surface area (TPSA) is 94.8 Å². The lowest BCUT2D eigenvalue weighted by atomic mass is 10.1. The highest BCUT2D eigenvalue weighted by Gasteiger charge is 2.18. The lowest BCUT2D eigenvalue weighted by Crippen LogP contribution is -2.43. The molecule has 0 unspecified atom stereocenters. The number of pyridine rings is 1. The molecule has 0 N–H and O–H groups in total. The number of non-ortho nitro benzene ring substituents is 1. The molecule has 1 aliphatic rings. The van der Waals surface area contributed by atoms with Crippen LogP contribution in [0.4, 0.5) is 5.69 Å². The van der Waals surface area contributed by atoms with Crippen molar-refractivity contribution in [2.45, 2.75) is 0 Å². The van der Waals surface area contributed by atoms with E-state index >= 15 is 0 Å². The lowest BCUT2D eigenvalue weighted by Gasteiger charge is -2.26. The van der Waals surface area contributed by atoms with Crippen LogP contribution < -0.4 is 4.74 Å². The summed E-state index contributed by atoms with van der Waals surface area (Å²) in [5, 5.41) is 11.7. The van der Waals surface area contributed by atoms with E-state index in [-0.39, 0.29) is 18.2 Å². The van der Waals surface area contributed by atoms with Crippen molar-refractivity contribution in [3.63, 3.8) is 0 Å². The number of carbonyl (C=O) groups is 1. The number of rotatable bonds is 5. The third-order valence-electron chi connectivity index (χ3n) is 4.77. The van der Waals surface area contributed by atoms with Gasteiger partial charge >= 0.3 is 0 Å². The Kier molecular flexibility index (Phi) is 5.35. The average Bonchev–Trinajstić information content (AvgIpc) is 2.77. The number of hydrogen-bond donors (Lipinski definition) is 0. The number of morpholine rings is 1. The SMILES string of the molecule is O=C(COc1cc(-c2ccc([N+](=O)[O-])cc2)nc2ccccc12)N1CCOCC1. The molecule has 1 fully saturated rings. The lowest BCUT2D eigenvalue weighted by molar-refractivity contribution is -0.384. The van der Waals surface area contributed by atoms with Crippen molar-refractivity contribution in [1.82, 2.24) is 9.88 Å². The van der Waals surface area contributed by atoms with Crippen LogP contribution in [0, 0.1) is 10.1 Å². The Morgan fingerprint density at radius 1 is 1.14 bits per heavy atom. The molecule has 1 aliphatic heterocycles. The summed E-state index contributed by atoms with van der Waals surface area (Å²) in [5.74, 6) is 0.455. The van der Waals surface area contributed by atoms with Crippen LogP contribution in [0.2, 0.25) is 0 Å². The molecule has 1 saturated heterocycles. The fourth-order valence-corrected chi connectivity index (χ4v) is 3.21. The molecule has 0 spiro atoms. The number of nitro groups is 1. The quantitative estimate of drug-likeness (QED) is 0.488. The first-order chi connectivity index (χ1) is 14.1. The van der Waals surface area contributed by atoms with E-state index in [9.17, 15) is 14.9 Å². The third kappa shape index (κ3) is 4.17. The first kappa shape index (κ1) is 18.8. The smallest absolute Gasteiger partial charge is 0.269 e. The number of amides is 1.